The summed E-state index contributed by atoms with van der Waals surface area (Å²) in [6.45, 7) is 2.93. The summed E-state index contributed by atoms with van der Waals surface area (Å²) in [5.74, 6) is 2.46. The van der Waals surface area contributed by atoms with Crippen LogP contribution in [0.15, 0.2) is 57.8 Å². The summed E-state index contributed by atoms with van der Waals surface area (Å²) >= 11 is 0. The SMILES string of the molecule is CCNC1=NC=CN2C1=C(c1cc3ccccc3o1)NC2C1CCC1. The van der Waals surface area contributed by atoms with Gasteiger partial charge < -0.3 is 20.0 Å². The van der Waals surface area contributed by atoms with E-state index < -0.39 is 0 Å². The second-order valence-electron chi connectivity index (χ2n) is 6.87. The van der Waals surface area contributed by atoms with Gasteiger partial charge in [-0.1, -0.05) is 24.6 Å². The Morgan fingerprint density at radius 3 is 2.96 bits per heavy atom. The number of amidine groups is 1. The maximum absolute atomic E-state index is 6.15. The lowest BCUT2D eigenvalue weighted by Gasteiger charge is -2.38. The van der Waals surface area contributed by atoms with Gasteiger partial charge in [-0.25, -0.2) is 4.99 Å². The van der Waals surface area contributed by atoms with Crippen LogP contribution in [0.3, 0.4) is 0 Å². The van der Waals surface area contributed by atoms with Gasteiger partial charge in [0.15, 0.2) is 11.6 Å². The van der Waals surface area contributed by atoms with Crippen LogP contribution in [0, 0.1) is 5.92 Å². The standard InChI is InChI=1S/C20H22N4O/c1-2-21-19-18-17(16-12-14-6-3-4-9-15(14)25-16)23-20(13-7-5-8-13)24(18)11-10-22-19/h3-4,6,9-13,20,23H,2,5,7-8H2,1H3,(H,21,22). The van der Waals surface area contributed by atoms with E-state index in [1.807, 2.05) is 24.4 Å². The first kappa shape index (κ1) is 14.6. The zero-order chi connectivity index (χ0) is 16.8. The lowest BCUT2D eigenvalue weighted by Crippen LogP contribution is -2.45. The number of benzene rings is 1. The van der Waals surface area contributed by atoms with Gasteiger partial charge in [-0.2, -0.15) is 0 Å². The Morgan fingerprint density at radius 1 is 1.32 bits per heavy atom. The van der Waals surface area contributed by atoms with Gasteiger partial charge in [-0.3, -0.25) is 0 Å². The minimum atomic E-state index is 0.285. The molecule has 2 aromatic rings. The van der Waals surface area contributed by atoms with Crippen LogP contribution in [-0.2, 0) is 0 Å². The highest BCUT2D eigenvalue weighted by Crippen LogP contribution is 2.40. The molecule has 5 rings (SSSR count). The first-order valence-corrected chi connectivity index (χ1v) is 9.12. The van der Waals surface area contributed by atoms with Crippen molar-refractivity contribution < 1.29 is 4.42 Å². The molecule has 1 aromatic carbocycles. The number of hydrogen-bond donors (Lipinski definition) is 2. The van der Waals surface area contributed by atoms with Crippen molar-refractivity contribution in [3.63, 3.8) is 0 Å². The van der Waals surface area contributed by atoms with E-state index in [4.69, 9.17) is 4.42 Å². The summed E-state index contributed by atoms with van der Waals surface area (Å²) in [4.78, 5) is 6.90. The Bertz CT molecular complexity index is 870. The number of nitrogens with zero attached hydrogens (tertiary/aromatic N) is 2. The second-order valence-corrected chi connectivity index (χ2v) is 6.87. The molecule has 0 radical (unpaired) electrons. The van der Waals surface area contributed by atoms with E-state index in [1.54, 1.807) is 0 Å². The molecule has 2 N–H and O–H groups in total. The zero-order valence-electron chi connectivity index (χ0n) is 14.3. The third-order valence-corrected chi connectivity index (χ3v) is 5.35. The van der Waals surface area contributed by atoms with E-state index in [-0.39, 0.29) is 6.17 Å². The van der Waals surface area contributed by atoms with Gasteiger partial charge in [-0.05, 0) is 37.8 Å². The molecule has 1 saturated carbocycles. The smallest absolute Gasteiger partial charge is 0.153 e. The van der Waals surface area contributed by atoms with Crippen LogP contribution in [0.25, 0.3) is 16.7 Å². The number of para-hydroxylation sites is 1. The molecule has 128 valence electrons. The molecule has 5 nitrogen and oxygen atoms in total. The molecule has 1 atom stereocenters. The van der Waals surface area contributed by atoms with Gasteiger partial charge in [0.2, 0.25) is 0 Å². The first-order chi connectivity index (χ1) is 12.3. The highest BCUT2D eigenvalue weighted by atomic mass is 16.3. The molecule has 0 saturated heterocycles. The van der Waals surface area contributed by atoms with Crippen LogP contribution in [0.2, 0.25) is 0 Å². The first-order valence-electron chi connectivity index (χ1n) is 9.12. The van der Waals surface area contributed by atoms with Crippen LogP contribution in [0.4, 0.5) is 0 Å². The van der Waals surface area contributed by atoms with Crippen molar-refractivity contribution in [3.05, 3.63) is 54.2 Å². The summed E-state index contributed by atoms with van der Waals surface area (Å²) in [6, 6.07) is 10.3. The summed E-state index contributed by atoms with van der Waals surface area (Å²) in [7, 11) is 0. The topological polar surface area (TPSA) is 52.8 Å². The number of likely N-dealkylation sites (N-methyl/N-ethyl adjacent to an activating group) is 1. The molecule has 0 bridgehead atoms. The predicted molar refractivity (Wildman–Crippen MR) is 99.5 cm³/mol. The van der Waals surface area contributed by atoms with Gasteiger partial charge in [-0.15, -0.1) is 0 Å². The Labute approximate surface area is 147 Å². The fourth-order valence-corrected chi connectivity index (χ4v) is 3.89. The van der Waals surface area contributed by atoms with E-state index in [0.717, 1.165) is 40.5 Å². The Morgan fingerprint density at radius 2 is 2.20 bits per heavy atom. The molecule has 3 heterocycles. The van der Waals surface area contributed by atoms with Crippen molar-refractivity contribution in [2.75, 3.05) is 6.54 Å². The van der Waals surface area contributed by atoms with Crippen LogP contribution < -0.4 is 10.6 Å². The molecule has 0 amide bonds. The summed E-state index contributed by atoms with van der Waals surface area (Å²) < 4.78 is 6.15. The summed E-state index contributed by atoms with van der Waals surface area (Å²) in [6.07, 6.45) is 8.13. The van der Waals surface area contributed by atoms with Crippen LogP contribution in [0.5, 0.6) is 0 Å². The number of rotatable bonds is 3. The summed E-state index contributed by atoms with van der Waals surface area (Å²) in [5, 5.41) is 8.27. The van der Waals surface area contributed by atoms with Crippen molar-refractivity contribution in [1.29, 1.82) is 0 Å². The van der Waals surface area contributed by atoms with E-state index in [2.05, 4.69) is 45.8 Å². The molecule has 1 fully saturated rings. The molecule has 25 heavy (non-hydrogen) atoms. The highest BCUT2D eigenvalue weighted by molar-refractivity contribution is 6.06. The minimum absolute atomic E-state index is 0.285. The van der Waals surface area contributed by atoms with Crippen molar-refractivity contribution in [1.82, 2.24) is 15.5 Å². The van der Waals surface area contributed by atoms with E-state index in [1.165, 1.54) is 19.3 Å². The van der Waals surface area contributed by atoms with E-state index in [9.17, 15) is 0 Å². The van der Waals surface area contributed by atoms with Gasteiger partial charge in [0.25, 0.3) is 0 Å². The van der Waals surface area contributed by atoms with Gasteiger partial charge in [0, 0.05) is 24.3 Å². The van der Waals surface area contributed by atoms with Crippen molar-refractivity contribution >= 4 is 22.5 Å². The van der Waals surface area contributed by atoms with Crippen LogP contribution in [0.1, 0.15) is 31.9 Å². The molecular formula is C20H22N4O. The van der Waals surface area contributed by atoms with E-state index >= 15 is 0 Å². The van der Waals surface area contributed by atoms with Crippen LogP contribution >= 0.6 is 0 Å². The van der Waals surface area contributed by atoms with Gasteiger partial charge >= 0.3 is 0 Å². The quantitative estimate of drug-likeness (QED) is 0.900. The largest absolute Gasteiger partial charge is 0.454 e. The number of nitrogens with one attached hydrogen (secondary N) is 2. The highest BCUT2D eigenvalue weighted by Gasteiger charge is 2.41. The normalized spacial score (nSPS) is 22.7. The molecule has 3 aliphatic rings. The molecule has 1 unspecified atom stereocenters. The van der Waals surface area contributed by atoms with Gasteiger partial charge in [0.1, 0.15) is 23.1 Å². The summed E-state index contributed by atoms with van der Waals surface area (Å²) in [5.41, 5.74) is 3.05. The third-order valence-electron chi connectivity index (χ3n) is 5.35. The average molecular weight is 334 g/mol. The lowest BCUT2D eigenvalue weighted by molar-refractivity contribution is 0.163. The predicted octanol–water partition coefficient (Wildman–Crippen LogP) is 3.63. The molecule has 1 aromatic heterocycles. The number of fused-ring (bicyclic) bond motifs is 2. The second kappa shape index (κ2) is 5.69. The fourth-order valence-electron chi connectivity index (χ4n) is 3.89. The zero-order valence-corrected chi connectivity index (χ0v) is 14.3. The Balaban J connectivity index is 1.62. The Hall–Kier alpha value is -2.69. The molecule has 0 spiro atoms. The molecule has 5 heteroatoms. The van der Waals surface area contributed by atoms with Crippen LogP contribution in [-0.4, -0.2) is 23.4 Å². The number of aliphatic imine (C=N–C) groups is 1. The molecular weight excluding hydrogens is 312 g/mol. The van der Waals surface area contributed by atoms with Crippen molar-refractivity contribution in [2.24, 2.45) is 10.9 Å². The fraction of sp³-hybridized carbons (Fsp3) is 0.350. The van der Waals surface area contributed by atoms with E-state index in [0.29, 0.717) is 5.92 Å². The maximum atomic E-state index is 6.15. The monoisotopic (exact) mass is 334 g/mol. The molecule has 2 aliphatic heterocycles. The van der Waals surface area contributed by atoms with Crippen molar-refractivity contribution in [2.45, 2.75) is 32.4 Å². The van der Waals surface area contributed by atoms with Gasteiger partial charge in [0.05, 0.1) is 0 Å². The maximum Gasteiger partial charge on any atom is 0.153 e. The molecule has 1 aliphatic carbocycles. The Kier molecular flexibility index (Phi) is 3.33. The average Bonchev–Trinajstić information content (AvgIpc) is 3.16. The van der Waals surface area contributed by atoms with Crippen molar-refractivity contribution in [3.8, 4) is 0 Å². The number of furan rings is 1. The lowest BCUT2D eigenvalue weighted by atomic mass is 9.82. The third kappa shape index (κ3) is 2.26. The number of hydrogen-bond acceptors (Lipinski definition) is 5. The minimum Gasteiger partial charge on any atom is -0.454 e.